The van der Waals surface area contributed by atoms with Gasteiger partial charge in [0, 0.05) is 12.0 Å². The molecule has 0 amide bonds. The zero-order valence-electron chi connectivity index (χ0n) is 5.89. The van der Waals surface area contributed by atoms with Crippen LogP contribution in [0.5, 0.6) is 0 Å². The van der Waals surface area contributed by atoms with Crippen LogP contribution >= 0.6 is 12.6 Å². The van der Waals surface area contributed by atoms with E-state index in [9.17, 15) is 4.79 Å². The second-order valence-corrected chi connectivity index (χ2v) is 2.70. The van der Waals surface area contributed by atoms with Crippen LogP contribution in [0, 0.1) is 0 Å². The number of carbonyl (C=O) groups is 1. The Morgan fingerprint density at radius 1 is 1.80 bits per heavy atom. The first-order valence-electron chi connectivity index (χ1n) is 3.33. The molecule has 0 N–H and O–H groups in total. The minimum absolute atomic E-state index is 0.188. The van der Waals surface area contributed by atoms with Crippen LogP contribution in [0.1, 0.15) is 19.8 Å². The highest BCUT2D eigenvalue weighted by Gasteiger charge is 2.20. The van der Waals surface area contributed by atoms with Crippen LogP contribution in [0.3, 0.4) is 0 Å². The van der Waals surface area contributed by atoms with Gasteiger partial charge in [-0.05, 0) is 11.3 Å². The lowest BCUT2D eigenvalue weighted by Crippen LogP contribution is -1.96. The molecule has 1 saturated heterocycles. The third-order valence-corrected chi connectivity index (χ3v) is 2.10. The number of hydrogen-bond donors (Lipinski definition) is 1. The average Bonchev–Trinajstić information content (AvgIpc) is 2.34. The fourth-order valence-corrected chi connectivity index (χ4v) is 1.11. The van der Waals surface area contributed by atoms with Crippen molar-refractivity contribution in [3.8, 4) is 0 Å². The Bertz CT molecular complexity index is 184. The molecule has 2 nitrogen and oxygen atoms in total. The van der Waals surface area contributed by atoms with E-state index in [1.807, 2.05) is 6.92 Å². The Morgan fingerprint density at radius 2 is 2.50 bits per heavy atom. The van der Waals surface area contributed by atoms with Crippen molar-refractivity contribution in [1.82, 2.24) is 0 Å². The molecule has 0 unspecified atom stereocenters. The molecule has 0 spiro atoms. The lowest BCUT2D eigenvalue weighted by atomic mass is 10.2. The predicted octanol–water partition coefficient (Wildman–Crippen LogP) is 1.53. The van der Waals surface area contributed by atoms with Crippen molar-refractivity contribution in [2.24, 2.45) is 0 Å². The van der Waals surface area contributed by atoms with E-state index in [0.29, 0.717) is 6.61 Å². The number of rotatable bonds is 1. The highest BCUT2D eigenvalue weighted by Crippen LogP contribution is 2.21. The second kappa shape index (κ2) is 3.10. The number of allylic oxidation sites excluding steroid dienone is 1. The van der Waals surface area contributed by atoms with E-state index >= 15 is 0 Å². The van der Waals surface area contributed by atoms with Gasteiger partial charge in [0.15, 0.2) is 0 Å². The molecule has 1 aliphatic rings. The summed E-state index contributed by atoms with van der Waals surface area (Å²) in [5, 5.41) is 0. The summed E-state index contributed by atoms with van der Waals surface area (Å²) < 4.78 is 4.74. The summed E-state index contributed by atoms with van der Waals surface area (Å²) in [6, 6.07) is 0. The van der Waals surface area contributed by atoms with E-state index in [2.05, 4.69) is 12.6 Å². The van der Waals surface area contributed by atoms with Crippen molar-refractivity contribution in [3.63, 3.8) is 0 Å². The van der Waals surface area contributed by atoms with E-state index in [1.54, 1.807) is 0 Å². The molecule has 0 atom stereocenters. The minimum atomic E-state index is -0.188. The molecule has 0 radical (unpaired) electrons. The summed E-state index contributed by atoms with van der Waals surface area (Å²) in [5.41, 5.74) is 0.755. The van der Waals surface area contributed by atoms with E-state index in [4.69, 9.17) is 4.74 Å². The van der Waals surface area contributed by atoms with Gasteiger partial charge in [0.05, 0.1) is 6.61 Å². The normalized spacial score (nSPS) is 22.8. The molecule has 10 heavy (non-hydrogen) atoms. The Hall–Kier alpha value is -0.440. The van der Waals surface area contributed by atoms with Crippen LogP contribution in [0.4, 0.5) is 0 Å². The quantitative estimate of drug-likeness (QED) is 0.356. The van der Waals surface area contributed by atoms with Gasteiger partial charge in [0.25, 0.3) is 0 Å². The van der Waals surface area contributed by atoms with Gasteiger partial charge < -0.3 is 4.74 Å². The SMILES string of the molecule is CC/C(S)=C1\CCOC1=O. The van der Waals surface area contributed by atoms with Crippen molar-refractivity contribution in [3.05, 3.63) is 10.5 Å². The molecule has 56 valence electrons. The molecule has 1 fully saturated rings. The molecular formula is C7H10O2S. The van der Waals surface area contributed by atoms with Crippen LogP contribution in [-0.2, 0) is 9.53 Å². The smallest absolute Gasteiger partial charge is 0.334 e. The van der Waals surface area contributed by atoms with Gasteiger partial charge in [-0.15, -0.1) is 12.6 Å². The predicted molar refractivity (Wildman–Crippen MR) is 41.9 cm³/mol. The summed E-state index contributed by atoms with van der Waals surface area (Å²) in [6.45, 7) is 2.50. The maximum atomic E-state index is 10.8. The molecule has 0 aromatic carbocycles. The lowest BCUT2D eigenvalue weighted by Gasteiger charge is -1.95. The molecule has 0 aromatic rings. The average molecular weight is 158 g/mol. The van der Waals surface area contributed by atoms with Gasteiger partial charge >= 0.3 is 5.97 Å². The third-order valence-electron chi connectivity index (χ3n) is 1.51. The van der Waals surface area contributed by atoms with E-state index in [-0.39, 0.29) is 5.97 Å². The topological polar surface area (TPSA) is 26.3 Å². The van der Waals surface area contributed by atoms with Crippen molar-refractivity contribution >= 4 is 18.6 Å². The summed E-state index contributed by atoms with van der Waals surface area (Å²) >= 11 is 4.16. The first-order valence-corrected chi connectivity index (χ1v) is 3.78. The van der Waals surface area contributed by atoms with Crippen molar-refractivity contribution in [2.75, 3.05) is 6.61 Å². The molecule has 1 heterocycles. The van der Waals surface area contributed by atoms with Crippen LogP contribution in [-0.4, -0.2) is 12.6 Å². The second-order valence-electron chi connectivity index (χ2n) is 2.16. The Morgan fingerprint density at radius 3 is 2.90 bits per heavy atom. The van der Waals surface area contributed by atoms with Crippen LogP contribution in [0.25, 0.3) is 0 Å². The number of carbonyl (C=O) groups excluding carboxylic acids is 1. The van der Waals surface area contributed by atoms with E-state index in [0.717, 1.165) is 23.3 Å². The van der Waals surface area contributed by atoms with Gasteiger partial charge in [-0.3, -0.25) is 0 Å². The molecule has 3 heteroatoms. The lowest BCUT2D eigenvalue weighted by molar-refractivity contribution is -0.135. The van der Waals surface area contributed by atoms with Crippen molar-refractivity contribution in [1.29, 1.82) is 0 Å². The summed E-state index contributed by atoms with van der Waals surface area (Å²) in [5.74, 6) is -0.188. The van der Waals surface area contributed by atoms with Crippen LogP contribution < -0.4 is 0 Å². The third kappa shape index (κ3) is 1.34. The van der Waals surface area contributed by atoms with Gasteiger partial charge in [0.1, 0.15) is 0 Å². The minimum Gasteiger partial charge on any atom is -0.462 e. The zero-order valence-corrected chi connectivity index (χ0v) is 6.78. The molecule has 1 rings (SSSR count). The van der Waals surface area contributed by atoms with Crippen LogP contribution in [0.15, 0.2) is 10.5 Å². The monoisotopic (exact) mass is 158 g/mol. The Labute approximate surface area is 65.7 Å². The largest absolute Gasteiger partial charge is 0.462 e. The first kappa shape index (κ1) is 7.66. The molecule has 0 aromatic heterocycles. The molecule has 0 bridgehead atoms. The maximum absolute atomic E-state index is 10.8. The van der Waals surface area contributed by atoms with Gasteiger partial charge in [0.2, 0.25) is 0 Å². The highest BCUT2D eigenvalue weighted by molar-refractivity contribution is 7.84. The van der Waals surface area contributed by atoms with Crippen molar-refractivity contribution in [2.45, 2.75) is 19.8 Å². The molecule has 0 aliphatic carbocycles. The Balaban J connectivity index is 2.79. The zero-order chi connectivity index (χ0) is 7.56. The standard InChI is InChI=1S/C7H10O2S/c1-2-6(10)5-3-4-9-7(5)8/h10H,2-4H2,1H3/b6-5-. The highest BCUT2D eigenvalue weighted by atomic mass is 32.1. The van der Waals surface area contributed by atoms with Crippen molar-refractivity contribution < 1.29 is 9.53 Å². The number of cyclic esters (lactones) is 1. The summed E-state index contributed by atoms with van der Waals surface area (Å²) in [7, 11) is 0. The van der Waals surface area contributed by atoms with Crippen LogP contribution in [0.2, 0.25) is 0 Å². The van der Waals surface area contributed by atoms with E-state index in [1.165, 1.54) is 0 Å². The molecule has 1 aliphatic heterocycles. The first-order chi connectivity index (χ1) is 4.75. The number of esters is 1. The van der Waals surface area contributed by atoms with E-state index < -0.39 is 0 Å². The maximum Gasteiger partial charge on any atom is 0.334 e. The fourth-order valence-electron chi connectivity index (χ4n) is 0.910. The van der Waals surface area contributed by atoms with Gasteiger partial charge in [-0.25, -0.2) is 4.79 Å². The van der Waals surface area contributed by atoms with Gasteiger partial charge in [-0.1, -0.05) is 6.92 Å². The Kier molecular flexibility index (Phi) is 2.38. The fraction of sp³-hybridized carbons (Fsp3) is 0.571. The molecular weight excluding hydrogens is 148 g/mol. The van der Waals surface area contributed by atoms with Gasteiger partial charge in [-0.2, -0.15) is 0 Å². The number of hydrogen-bond acceptors (Lipinski definition) is 3. The number of ether oxygens (including phenoxy) is 1. The molecule has 0 saturated carbocycles. The number of thiol groups is 1. The summed E-state index contributed by atoms with van der Waals surface area (Å²) in [6.07, 6.45) is 1.54. The summed E-state index contributed by atoms with van der Waals surface area (Å²) in [4.78, 5) is 11.7.